The molecule has 1 heterocycles. The normalized spacial score (nSPS) is 11.5. The number of benzene rings is 3. The number of pyridine rings is 1. The largest absolute Gasteiger partial charge is 0.465 e. The van der Waals surface area contributed by atoms with E-state index in [1.807, 2.05) is 30.3 Å². The lowest BCUT2D eigenvalue weighted by Gasteiger charge is -2.18. The molecule has 0 saturated carbocycles. The Morgan fingerprint density at radius 1 is 0.973 bits per heavy atom. The summed E-state index contributed by atoms with van der Waals surface area (Å²) in [5, 5.41) is 13.7. The summed E-state index contributed by atoms with van der Waals surface area (Å²) in [5.41, 5.74) is 7.60. The zero-order chi connectivity index (χ0) is 26.5. The van der Waals surface area contributed by atoms with Gasteiger partial charge in [0.2, 0.25) is 5.91 Å². The molecule has 0 saturated heterocycles. The Balaban J connectivity index is 1.70. The summed E-state index contributed by atoms with van der Waals surface area (Å²) in [6, 6.07) is 18.6. The molecule has 0 bridgehead atoms. The van der Waals surface area contributed by atoms with E-state index in [9.17, 15) is 18.4 Å². The van der Waals surface area contributed by atoms with Crippen LogP contribution in [0.5, 0.6) is 0 Å². The van der Waals surface area contributed by atoms with E-state index in [0.717, 1.165) is 11.6 Å². The summed E-state index contributed by atoms with van der Waals surface area (Å²) < 4.78 is 28.6. The van der Waals surface area contributed by atoms with Gasteiger partial charge in [-0.15, -0.1) is 0 Å². The smallest absolute Gasteiger partial charge is 0.409 e. The molecule has 10 heteroatoms. The third-order valence-electron chi connectivity index (χ3n) is 5.64. The minimum atomic E-state index is -1.37. The number of carbonyl (C=O) groups excluding carboxylic acids is 1. The van der Waals surface area contributed by atoms with Gasteiger partial charge in [-0.25, -0.2) is 13.6 Å². The molecule has 3 aromatic carbocycles. The lowest BCUT2D eigenvalue weighted by atomic mass is 9.93. The molecule has 0 fully saturated rings. The standard InChI is InChI=1S/C27H21ClF2N4O3/c28-19-8-11-22(34-27(36)37)24(25(19)30)16-6-10-21(32-14-16)18(12-15-4-2-1-3-5-15)26(35)33-23-13-17(29)7-9-20(23)31/h1-11,13-14,18,34H,12,31H2,(H,33,35)(H,36,37). The molecule has 5 N–H and O–H groups in total. The number of amides is 2. The lowest BCUT2D eigenvalue weighted by molar-refractivity contribution is -0.117. The third-order valence-corrected chi connectivity index (χ3v) is 5.93. The highest BCUT2D eigenvalue weighted by Crippen LogP contribution is 2.35. The Bertz CT molecular complexity index is 1450. The van der Waals surface area contributed by atoms with Gasteiger partial charge in [-0.05, 0) is 48.4 Å². The Kier molecular flexibility index (Phi) is 7.64. The molecule has 37 heavy (non-hydrogen) atoms. The SMILES string of the molecule is Nc1ccc(F)cc1NC(=O)C(Cc1ccccc1)c1ccc(-c2c(NC(=O)O)ccc(Cl)c2F)cn1. The van der Waals surface area contributed by atoms with E-state index in [-0.39, 0.29) is 39.6 Å². The number of carbonyl (C=O) groups is 2. The van der Waals surface area contributed by atoms with E-state index in [0.29, 0.717) is 5.69 Å². The monoisotopic (exact) mass is 522 g/mol. The molecule has 0 spiro atoms. The number of nitrogen functional groups attached to an aromatic ring is 1. The Labute approximate surface area is 215 Å². The van der Waals surface area contributed by atoms with Crippen molar-refractivity contribution < 1.29 is 23.5 Å². The van der Waals surface area contributed by atoms with Gasteiger partial charge in [0, 0.05) is 17.3 Å². The maximum Gasteiger partial charge on any atom is 0.409 e. The number of rotatable bonds is 7. The van der Waals surface area contributed by atoms with E-state index >= 15 is 0 Å². The number of anilines is 3. The Morgan fingerprint density at radius 2 is 1.73 bits per heavy atom. The number of aromatic nitrogens is 1. The molecule has 4 aromatic rings. The molecule has 1 atom stereocenters. The summed E-state index contributed by atoms with van der Waals surface area (Å²) in [6.07, 6.45) is 0.230. The predicted octanol–water partition coefficient (Wildman–Crippen LogP) is 6.32. The Morgan fingerprint density at radius 3 is 2.41 bits per heavy atom. The van der Waals surface area contributed by atoms with Crippen LogP contribution < -0.4 is 16.4 Å². The van der Waals surface area contributed by atoms with Crippen LogP contribution in [0.1, 0.15) is 17.2 Å². The van der Waals surface area contributed by atoms with Crippen LogP contribution in [-0.4, -0.2) is 22.1 Å². The van der Waals surface area contributed by atoms with Crippen molar-refractivity contribution in [2.24, 2.45) is 0 Å². The second-order valence-electron chi connectivity index (χ2n) is 8.15. The van der Waals surface area contributed by atoms with Gasteiger partial charge in [-0.1, -0.05) is 48.0 Å². The Hall–Kier alpha value is -4.50. The van der Waals surface area contributed by atoms with Crippen molar-refractivity contribution in [2.45, 2.75) is 12.3 Å². The van der Waals surface area contributed by atoms with E-state index in [4.69, 9.17) is 22.4 Å². The van der Waals surface area contributed by atoms with Crippen molar-refractivity contribution in [2.75, 3.05) is 16.4 Å². The fourth-order valence-corrected chi connectivity index (χ4v) is 4.01. The van der Waals surface area contributed by atoms with Gasteiger partial charge in [0.25, 0.3) is 0 Å². The molecule has 0 aliphatic heterocycles. The molecule has 4 rings (SSSR count). The van der Waals surface area contributed by atoms with Crippen LogP contribution in [-0.2, 0) is 11.2 Å². The average molecular weight is 523 g/mol. The lowest BCUT2D eigenvalue weighted by Crippen LogP contribution is -2.24. The first-order chi connectivity index (χ1) is 17.7. The van der Waals surface area contributed by atoms with E-state index < -0.39 is 29.6 Å². The average Bonchev–Trinajstić information content (AvgIpc) is 2.88. The quantitative estimate of drug-likeness (QED) is 0.212. The van der Waals surface area contributed by atoms with Crippen LogP contribution in [0.15, 0.2) is 79.0 Å². The van der Waals surface area contributed by atoms with Crippen LogP contribution in [0.2, 0.25) is 5.02 Å². The molecule has 0 aliphatic rings. The second-order valence-corrected chi connectivity index (χ2v) is 8.56. The van der Waals surface area contributed by atoms with Crippen molar-refractivity contribution in [1.29, 1.82) is 0 Å². The van der Waals surface area contributed by atoms with Crippen molar-refractivity contribution in [3.8, 4) is 11.1 Å². The van der Waals surface area contributed by atoms with E-state index in [1.54, 1.807) is 6.07 Å². The number of carboxylic acid groups (broad SMARTS) is 1. The summed E-state index contributed by atoms with van der Waals surface area (Å²) in [6.45, 7) is 0. The number of hydrogen-bond donors (Lipinski definition) is 4. The maximum absolute atomic E-state index is 14.9. The highest BCUT2D eigenvalue weighted by atomic mass is 35.5. The summed E-state index contributed by atoms with van der Waals surface area (Å²) in [7, 11) is 0. The number of halogens is 3. The first-order valence-electron chi connectivity index (χ1n) is 11.1. The number of nitrogens with one attached hydrogen (secondary N) is 2. The molecule has 0 radical (unpaired) electrons. The molecule has 1 unspecified atom stereocenters. The van der Waals surface area contributed by atoms with E-state index in [1.165, 1.54) is 36.5 Å². The van der Waals surface area contributed by atoms with Crippen molar-refractivity contribution in [1.82, 2.24) is 4.98 Å². The van der Waals surface area contributed by atoms with Gasteiger partial charge in [-0.3, -0.25) is 15.1 Å². The molecule has 0 aliphatic carbocycles. The molecule has 1 aromatic heterocycles. The van der Waals surface area contributed by atoms with Crippen LogP contribution in [0, 0.1) is 11.6 Å². The van der Waals surface area contributed by atoms with Crippen molar-refractivity contribution in [3.05, 3.63) is 107 Å². The number of hydrogen-bond acceptors (Lipinski definition) is 4. The molecular weight excluding hydrogens is 502 g/mol. The second kappa shape index (κ2) is 11.0. The minimum absolute atomic E-state index is 0.0101. The minimum Gasteiger partial charge on any atom is -0.465 e. The van der Waals surface area contributed by atoms with Crippen LogP contribution in [0.3, 0.4) is 0 Å². The predicted molar refractivity (Wildman–Crippen MR) is 139 cm³/mol. The molecule has 7 nitrogen and oxygen atoms in total. The van der Waals surface area contributed by atoms with Gasteiger partial charge in [0.15, 0.2) is 5.82 Å². The van der Waals surface area contributed by atoms with E-state index in [2.05, 4.69) is 15.6 Å². The van der Waals surface area contributed by atoms with Crippen LogP contribution in [0.25, 0.3) is 11.1 Å². The zero-order valence-corrected chi connectivity index (χ0v) is 20.0. The highest BCUT2D eigenvalue weighted by Gasteiger charge is 2.24. The molecular formula is C27H21ClF2N4O3. The molecule has 2 amide bonds. The number of nitrogens with zero attached hydrogens (tertiary/aromatic N) is 1. The van der Waals surface area contributed by atoms with Crippen LogP contribution >= 0.6 is 11.6 Å². The number of nitrogens with two attached hydrogens (primary N) is 1. The van der Waals surface area contributed by atoms with Crippen molar-refractivity contribution >= 4 is 40.7 Å². The third kappa shape index (κ3) is 6.02. The zero-order valence-electron chi connectivity index (χ0n) is 19.2. The van der Waals surface area contributed by atoms with Crippen molar-refractivity contribution in [3.63, 3.8) is 0 Å². The summed E-state index contributed by atoms with van der Waals surface area (Å²) in [5.74, 6) is -2.65. The summed E-state index contributed by atoms with van der Waals surface area (Å²) in [4.78, 5) is 28.9. The maximum atomic E-state index is 14.9. The summed E-state index contributed by atoms with van der Waals surface area (Å²) >= 11 is 5.93. The van der Waals surface area contributed by atoms with Gasteiger partial charge in [-0.2, -0.15) is 0 Å². The fourth-order valence-electron chi connectivity index (χ4n) is 3.85. The van der Waals surface area contributed by atoms with Crippen LogP contribution in [0.4, 0.5) is 30.6 Å². The van der Waals surface area contributed by atoms with Gasteiger partial charge in [0.1, 0.15) is 5.82 Å². The van der Waals surface area contributed by atoms with Gasteiger partial charge >= 0.3 is 6.09 Å². The topological polar surface area (TPSA) is 117 Å². The highest BCUT2D eigenvalue weighted by molar-refractivity contribution is 6.31. The fraction of sp³-hybridized carbons (Fsp3) is 0.0741. The first kappa shape index (κ1) is 25.6. The van der Waals surface area contributed by atoms with Gasteiger partial charge in [0.05, 0.1) is 33.7 Å². The first-order valence-corrected chi connectivity index (χ1v) is 11.4. The molecule has 188 valence electrons. The van der Waals surface area contributed by atoms with Gasteiger partial charge < -0.3 is 16.2 Å².